The second-order valence-corrected chi connectivity index (χ2v) is 9.63. The number of furan rings is 1. The quantitative estimate of drug-likeness (QED) is 0.591. The summed E-state index contributed by atoms with van der Waals surface area (Å²) in [5.41, 5.74) is 0.866. The Hall–Kier alpha value is -2.51. The van der Waals surface area contributed by atoms with Gasteiger partial charge in [-0.2, -0.15) is 0 Å². The lowest BCUT2D eigenvalue weighted by Gasteiger charge is -2.35. The average molecular weight is 452 g/mol. The number of hydrogen-bond acceptors (Lipinski definition) is 6. The zero-order valence-electron chi connectivity index (χ0n) is 18.4. The lowest BCUT2D eigenvalue weighted by molar-refractivity contribution is -0.124. The molecule has 1 saturated carbocycles. The molecule has 2 saturated heterocycles. The molecule has 0 N–H and O–H groups in total. The molecule has 3 heterocycles. The highest BCUT2D eigenvalue weighted by molar-refractivity contribution is 8.18. The summed E-state index contributed by atoms with van der Waals surface area (Å²) in [6.07, 6.45) is 6.43. The molecule has 2 aliphatic heterocycles. The second-order valence-electron chi connectivity index (χ2n) is 8.62. The smallest absolute Gasteiger partial charge is 0.267 e. The van der Waals surface area contributed by atoms with Gasteiger partial charge in [0.2, 0.25) is 0 Å². The maximum Gasteiger partial charge on any atom is 0.267 e. The number of carbonyl (C=O) groups is 1. The monoisotopic (exact) mass is 451 g/mol. The molecule has 1 amide bonds. The average Bonchev–Trinajstić information content (AvgIpc) is 3.41. The molecule has 0 spiro atoms. The molecule has 32 heavy (non-hydrogen) atoms. The van der Waals surface area contributed by atoms with Gasteiger partial charge >= 0.3 is 0 Å². The summed E-state index contributed by atoms with van der Waals surface area (Å²) < 4.78 is 11.5. The topological polar surface area (TPSA) is 58.3 Å². The third-order valence-electron chi connectivity index (χ3n) is 6.42. The molecular formula is C25H29N3O3S. The molecule has 7 heteroatoms. The first-order valence-corrected chi connectivity index (χ1v) is 12.3. The highest BCUT2D eigenvalue weighted by Crippen LogP contribution is 2.40. The first-order valence-electron chi connectivity index (χ1n) is 11.5. The molecule has 168 valence electrons. The molecule has 1 aromatic heterocycles. The largest absolute Gasteiger partial charge is 0.441 e. The molecule has 2 atom stereocenters. The minimum absolute atomic E-state index is 0.0350. The van der Waals surface area contributed by atoms with E-state index in [1.807, 2.05) is 53.4 Å². The van der Waals surface area contributed by atoms with Gasteiger partial charge in [0.15, 0.2) is 11.1 Å². The first kappa shape index (κ1) is 21.3. The number of anilines is 1. The minimum atomic E-state index is 0.0350. The number of benzene rings is 1. The third kappa shape index (κ3) is 4.50. The van der Waals surface area contributed by atoms with Crippen molar-refractivity contribution < 1.29 is 13.9 Å². The van der Waals surface area contributed by atoms with Gasteiger partial charge in [-0.25, -0.2) is 4.99 Å². The fourth-order valence-electron chi connectivity index (χ4n) is 4.65. The van der Waals surface area contributed by atoms with E-state index in [9.17, 15) is 4.79 Å². The van der Waals surface area contributed by atoms with Crippen molar-refractivity contribution >= 4 is 40.5 Å². The summed E-state index contributed by atoms with van der Waals surface area (Å²) in [6, 6.07) is 14.0. The SMILES string of the molecule is C[C@@H]1CCCC[C@H]1N1C(=O)/C(=C/c2ccc(N3CCOCC3)o2)SC1=Nc1ccccc1. The van der Waals surface area contributed by atoms with E-state index in [1.54, 1.807) is 0 Å². The number of aliphatic imine (C=N–C) groups is 1. The van der Waals surface area contributed by atoms with E-state index in [2.05, 4.69) is 11.8 Å². The lowest BCUT2D eigenvalue weighted by atomic mass is 9.85. The number of carbonyl (C=O) groups excluding carboxylic acids is 1. The van der Waals surface area contributed by atoms with Crippen molar-refractivity contribution in [2.75, 3.05) is 31.2 Å². The Bertz CT molecular complexity index is 1010. The predicted octanol–water partition coefficient (Wildman–Crippen LogP) is 5.30. The van der Waals surface area contributed by atoms with Crippen LogP contribution in [0.25, 0.3) is 6.08 Å². The van der Waals surface area contributed by atoms with Crippen LogP contribution in [0.4, 0.5) is 11.6 Å². The number of amides is 1. The Morgan fingerprint density at radius 2 is 1.84 bits per heavy atom. The molecule has 3 aliphatic rings. The molecule has 1 aromatic carbocycles. The van der Waals surface area contributed by atoms with Crippen LogP contribution in [0.1, 0.15) is 38.4 Å². The number of ether oxygens (including phenoxy) is 1. The van der Waals surface area contributed by atoms with Crippen molar-refractivity contribution in [2.24, 2.45) is 10.9 Å². The highest BCUT2D eigenvalue weighted by Gasteiger charge is 2.41. The van der Waals surface area contributed by atoms with Crippen LogP contribution >= 0.6 is 11.8 Å². The summed E-state index contributed by atoms with van der Waals surface area (Å²) in [6.45, 7) is 5.31. The number of hydrogen-bond donors (Lipinski definition) is 0. The Morgan fingerprint density at radius 1 is 1.06 bits per heavy atom. The van der Waals surface area contributed by atoms with Crippen molar-refractivity contribution in [1.82, 2.24) is 4.90 Å². The Labute approximate surface area is 193 Å². The molecule has 0 radical (unpaired) electrons. The van der Waals surface area contributed by atoms with E-state index < -0.39 is 0 Å². The van der Waals surface area contributed by atoms with Crippen molar-refractivity contribution in [3.05, 3.63) is 53.1 Å². The number of amidine groups is 1. The van der Waals surface area contributed by atoms with Crippen LogP contribution in [0, 0.1) is 5.92 Å². The Balaban J connectivity index is 1.44. The van der Waals surface area contributed by atoms with Crippen LogP contribution in [0.3, 0.4) is 0 Å². The van der Waals surface area contributed by atoms with Crippen molar-refractivity contribution in [2.45, 2.75) is 38.6 Å². The van der Waals surface area contributed by atoms with Crippen LogP contribution in [0.5, 0.6) is 0 Å². The van der Waals surface area contributed by atoms with E-state index in [-0.39, 0.29) is 11.9 Å². The number of nitrogens with zero attached hydrogens (tertiary/aromatic N) is 3. The summed E-state index contributed by atoms with van der Waals surface area (Å²) in [4.78, 5) is 23.2. The number of rotatable bonds is 4. The van der Waals surface area contributed by atoms with Gasteiger partial charge in [-0.1, -0.05) is 38.0 Å². The van der Waals surface area contributed by atoms with Crippen LogP contribution in [-0.4, -0.2) is 48.3 Å². The van der Waals surface area contributed by atoms with Gasteiger partial charge < -0.3 is 14.1 Å². The fourth-order valence-corrected chi connectivity index (χ4v) is 5.68. The second kappa shape index (κ2) is 9.55. The van der Waals surface area contributed by atoms with Crippen LogP contribution in [0.2, 0.25) is 0 Å². The van der Waals surface area contributed by atoms with E-state index in [1.165, 1.54) is 18.2 Å². The molecule has 6 nitrogen and oxygen atoms in total. The van der Waals surface area contributed by atoms with E-state index in [4.69, 9.17) is 14.1 Å². The Kier molecular flexibility index (Phi) is 6.37. The van der Waals surface area contributed by atoms with E-state index in [0.29, 0.717) is 29.8 Å². The van der Waals surface area contributed by atoms with Crippen molar-refractivity contribution in [3.63, 3.8) is 0 Å². The fraction of sp³-hybridized carbons (Fsp3) is 0.440. The van der Waals surface area contributed by atoms with Gasteiger partial charge in [0.05, 0.1) is 23.8 Å². The maximum absolute atomic E-state index is 13.6. The first-order chi connectivity index (χ1) is 15.7. The standard InChI is InChI=1S/C25H29N3O3S/c1-18-7-5-6-10-21(18)28-24(29)22(32-25(28)26-19-8-3-2-4-9-19)17-20-11-12-23(31-20)27-13-15-30-16-14-27/h2-4,8-9,11-12,17-18,21H,5-7,10,13-16H2,1H3/b22-17-,26-25?/t18-,21-/m1/s1. The molecule has 0 bridgehead atoms. The number of thioether (sulfide) groups is 1. The van der Waals surface area contributed by atoms with Crippen LogP contribution < -0.4 is 4.90 Å². The van der Waals surface area contributed by atoms with Gasteiger partial charge in [0.1, 0.15) is 5.76 Å². The summed E-state index contributed by atoms with van der Waals surface area (Å²) in [5, 5.41) is 0.770. The molecular weight excluding hydrogens is 422 g/mol. The lowest BCUT2D eigenvalue weighted by Crippen LogP contribution is -2.44. The van der Waals surface area contributed by atoms with Gasteiger partial charge in [-0.15, -0.1) is 0 Å². The normalized spacial score (nSPS) is 27.0. The summed E-state index contributed by atoms with van der Waals surface area (Å²) in [7, 11) is 0. The minimum Gasteiger partial charge on any atom is -0.441 e. The molecule has 0 unspecified atom stereocenters. The van der Waals surface area contributed by atoms with E-state index in [0.717, 1.165) is 49.1 Å². The van der Waals surface area contributed by atoms with E-state index >= 15 is 0 Å². The Morgan fingerprint density at radius 3 is 2.62 bits per heavy atom. The summed E-state index contributed by atoms with van der Waals surface area (Å²) >= 11 is 1.45. The van der Waals surface area contributed by atoms with Gasteiger partial charge in [-0.05, 0) is 48.7 Å². The van der Waals surface area contributed by atoms with Crippen molar-refractivity contribution in [3.8, 4) is 0 Å². The summed E-state index contributed by atoms with van der Waals surface area (Å²) in [5.74, 6) is 2.02. The molecule has 5 rings (SSSR count). The number of morpholine rings is 1. The van der Waals surface area contributed by atoms with Gasteiger partial charge in [0.25, 0.3) is 5.91 Å². The molecule has 1 aliphatic carbocycles. The zero-order chi connectivity index (χ0) is 21.9. The van der Waals surface area contributed by atoms with Gasteiger partial charge in [0, 0.05) is 31.3 Å². The van der Waals surface area contributed by atoms with Crippen LogP contribution in [-0.2, 0) is 9.53 Å². The number of para-hydroxylation sites is 1. The molecule has 3 fully saturated rings. The predicted molar refractivity (Wildman–Crippen MR) is 129 cm³/mol. The maximum atomic E-state index is 13.6. The highest BCUT2D eigenvalue weighted by atomic mass is 32.2. The zero-order valence-corrected chi connectivity index (χ0v) is 19.2. The van der Waals surface area contributed by atoms with Gasteiger partial charge in [-0.3, -0.25) is 9.69 Å². The van der Waals surface area contributed by atoms with Crippen molar-refractivity contribution in [1.29, 1.82) is 0 Å². The third-order valence-corrected chi connectivity index (χ3v) is 7.41. The van der Waals surface area contributed by atoms with Crippen LogP contribution in [0.15, 0.2) is 56.8 Å². The molecule has 2 aromatic rings.